The third-order valence-electron chi connectivity index (χ3n) is 1.77. The topological polar surface area (TPSA) is 54.0 Å². The van der Waals surface area contributed by atoms with Gasteiger partial charge in [0.05, 0.1) is 45.6 Å². The van der Waals surface area contributed by atoms with Crippen LogP contribution in [0.3, 0.4) is 0 Å². The summed E-state index contributed by atoms with van der Waals surface area (Å²) in [5, 5.41) is 0. The minimum Gasteiger partial charge on any atom is -0.463 e. The van der Waals surface area contributed by atoms with Crippen molar-refractivity contribution < 1.29 is 23.7 Å². The Balaban J connectivity index is 3.10. The highest BCUT2D eigenvalue weighted by atomic mass is 16.6. The second-order valence-corrected chi connectivity index (χ2v) is 3.71. The molecule has 0 atom stereocenters. The number of esters is 1. The number of ether oxygens (including phenoxy) is 4. The average molecular weight is 248 g/mol. The Bertz CT molecular complexity index is 182. The van der Waals surface area contributed by atoms with E-state index in [1.165, 1.54) is 0 Å². The maximum Gasteiger partial charge on any atom is 0.308 e. The maximum absolute atomic E-state index is 11.1. The molecule has 0 aliphatic heterocycles. The van der Waals surface area contributed by atoms with Crippen LogP contribution in [0.2, 0.25) is 0 Å². The third kappa shape index (κ3) is 13.3. The molecule has 0 radical (unpaired) electrons. The molecule has 0 heterocycles. The predicted molar refractivity (Wildman–Crippen MR) is 64.0 cm³/mol. The van der Waals surface area contributed by atoms with E-state index in [4.69, 9.17) is 18.9 Å². The van der Waals surface area contributed by atoms with Gasteiger partial charge in [0.2, 0.25) is 0 Å². The molecule has 17 heavy (non-hydrogen) atoms. The lowest BCUT2D eigenvalue weighted by molar-refractivity contribution is -0.148. The zero-order valence-corrected chi connectivity index (χ0v) is 11.1. The molecule has 0 fully saturated rings. The van der Waals surface area contributed by atoms with Crippen LogP contribution < -0.4 is 0 Å². The molecule has 0 aromatic rings. The highest BCUT2D eigenvalue weighted by molar-refractivity contribution is 5.69. The van der Waals surface area contributed by atoms with Crippen LogP contribution in [0.5, 0.6) is 0 Å². The van der Waals surface area contributed by atoms with E-state index in [-0.39, 0.29) is 18.5 Å². The zero-order chi connectivity index (χ0) is 12.9. The second-order valence-electron chi connectivity index (χ2n) is 3.71. The Morgan fingerprint density at radius 3 is 2.00 bits per heavy atom. The largest absolute Gasteiger partial charge is 0.463 e. The van der Waals surface area contributed by atoms with E-state index in [2.05, 4.69) is 0 Å². The Morgan fingerprint density at radius 1 is 0.941 bits per heavy atom. The standard InChI is InChI=1S/C12H24O5/c1-4-14-7-8-16-10-9-15-6-5-12(13)17-11(2)3/h11H,4-10H2,1-3H3. The van der Waals surface area contributed by atoms with Gasteiger partial charge in [-0.2, -0.15) is 0 Å². The zero-order valence-electron chi connectivity index (χ0n) is 11.1. The maximum atomic E-state index is 11.1. The molecule has 0 spiro atoms. The average Bonchev–Trinajstić information content (AvgIpc) is 2.26. The summed E-state index contributed by atoms with van der Waals surface area (Å²) in [6, 6.07) is 0. The summed E-state index contributed by atoms with van der Waals surface area (Å²) in [5.41, 5.74) is 0. The van der Waals surface area contributed by atoms with Crippen molar-refractivity contribution in [3.63, 3.8) is 0 Å². The summed E-state index contributed by atoms with van der Waals surface area (Å²) in [4.78, 5) is 11.1. The highest BCUT2D eigenvalue weighted by Gasteiger charge is 2.04. The van der Waals surface area contributed by atoms with Crippen molar-refractivity contribution in [2.24, 2.45) is 0 Å². The van der Waals surface area contributed by atoms with Crippen molar-refractivity contribution in [1.29, 1.82) is 0 Å². The molecule has 0 aromatic heterocycles. The lowest BCUT2D eigenvalue weighted by atomic mass is 10.4. The Hall–Kier alpha value is -0.650. The number of carbonyl (C=O) groups excluding carboxylic acids is 1. The molecule has 5 nitrogen and oxygen atoms in total. The summed E-state index contributed by atoms with van der Waals surface area (Å²) < 4.78 is 20.5. The van der Waals surface area contributed by atoms with Crippen LogP contribution in [0.15, 0.2) is 0 Å². The first-order valence-electron chi connectivity index (χ1n) is 6.09. The normalized spacial score (nSPS) is 10.8. The second kappa shape index (κ2) is 11.8. The number of hydrogen-bond donors (Lipinski definition) is 0. The van der Waals surface area contributed by atoms with Gasteiger partial charge in [-0.25, -0.2) is 0 Å². The van der Waals surface area contributed by atoms with E-state index in [9.17, 15) is 4.79 Å². The van der Waals surface area contributed by atoms with Crippen LogP contribution >= 0.6 is 0 Å². The molecule has 0 unspecified atom stereocenters. The van der Waals surface area contributed by atoms with Crippen LogP contribution in [-0.2, 0) is 23.7 Å². The fourth-order valence-electron chi connectivity index (χ4n) is 1.06. The van der Waals surface area contributed by atoms with Gasteiger partial charge < -0.3 is 18.9 Å². The number of hydrogen-bond acceptors (Lipinski definition) is 5. The van der Waals surface area contributed by atoms with Crippen molar-refractivity contribution in [3.8, 4) is 0 Å². The van der Waals surface area contributed by atoms with Gasteiger partial charge in [0.15, 0.2) is 0 Å². The summed E-state index contributed by atoms with van der Waals surface area (Å²) in [7, 11) is 0. The Morgan fingerprint density at radius 2 is 1.47 bits per heavy atom. The summed E-state index contributed by atoms with van der Waals surface area (Å²) in [6.45, 7) is 8.87. The van der Waals surface area contributed by atoms with E-state index < -0.39 is 0 Å². The first kappa shape index (κ1) is 16.4. The van der Waals surface area contributed by atoms with Crippen LogP contribution in [0.4, 0.5) is 0 Å². The molecule has 0 amide bonds. The predicted octanol–water partition coefficient (Wildman–Crippen LogP) is 1.40. The molecule has 102 valence electrons. The quantitative estimate of drug-likeness (QED) is 0.408. The van der Waals surface area contributed by atoms with Crippen molar-refractivity contribution in [2.45, 2.75) is 33.3 Å². The first-order valence-corrected chi connectivity index (χ1v) is 6.09. The monoisotopic (exact) mass is 248 g/mol. The molecule has 0 saturated carbocycles. The van der Waals surface area contributed by atoms with E-state index in [1.54, 1.807) is 0 Å². The van der Waals surface area contributed by atoms with E-state index in [1.807, 2.05) is 20.8 Å². The van der Waals surface area contributed by atoms with E-state index >= 15 is 0 Å². The van der Waals surface area contributed by atoms with Crippen LogP contribution in [-0.4, -0.2) is 51.7 Å². The Labute approximate surface area is 103 Å². The fraction of sp³-hybridized carbons (Fsp3) is 0.917. The summed E-state index contributed by atoms with van der Waals surface area (Å²) in [5.74, 6) is -0.225. The molecule has 0 aliphatic carbocycles. The molecular formula is C12H24O5. The smallest absolute Gasteiger partial charge is 0.308 e. The van der Waals surface area contributed by atoms with E-state index in [0.717, 1.165) is 0 Å². The first-order chi connectivity index (χ1) is 8.16. The van der Waals surface area contributed by atoms with Crippen LogP contribution in [0, 0.1) is 0 Å². The minimum atomic E-state index is -0.225. The lowest BCUT2D eigenvalue weighted by Gasteiger charge is -2.08. The van der Waals surface area contributed by atoms with Crippen molar-refractivity contribution in [3.05, 3.63) is 0 Å². The SMILES string of the molecule is CCOCCOCCOCCC(=O)OC(C)C. The molecule has 0 bridgehead atoms. The van der Waals surface area contributed by atoms with Crippen LogP contribution in [0.1, 0.15) is 27.2 Å². The van der Waals surface area contributed by atoms with Crippen LogP contribution in [0.25, 0.3) is 0 Å². The molecule has 0 rings (SSSR count). The van der Waals surface area contributed by atoms with E-state index in [0.29, 0.717) is 39.6 Å². The van der Waals surface area contributed by atoms with Gasteiger partial charge in [0.1, 0.15) is 0 Å². The van der Waals surface area contributed by atoms with Crippen molar-refractivity contribution in [1.82, 2.24) is 0 Å². The Kier molecular flexibility index (Phi) is 11.4. The summed E-state index contributed by atoms with van der Waals surface area (Å²) >= 11 is 0. The highest BCUT2D eigenvalue weighted by Crippen LogP contribution is 1.93. The molecule has 0 N–H and O–H groups in total. The minimum absolute atomic E-state index is 0.0654. The molecule has 0 aromatic carbocycles. The van der Waals surface area contributed by atoms with Crippen molar-refractivity contribution in [2.75, 3.05) is 39.6 Å². The fourth-order valence-corrected chi connectivity index (χ4v) is 1.06. The van der Waals surface area contributed by atoms with Gasteiger partial charge in [0, 0.05) is 6.61 Å². The third-order valence-corrected chi connectivity index (χ3v) is 1.77. The van der Waals surface area contributed by atoms with Gasteiger partial charge in [0.25, 0.3) is 0 Å². The van der Waals surface area contributed by atoms with Gasteiger partial charge >= 0.3 is 5.97 Å². The number of carbonyl (C=O) groups is 1. The molecular weight excluding hydrogens is 224 g/mol. The lowest BCUT2D eigenvalue weighted by Crippen LogP contribution is -2.15. The van der Waals surface area contributed by atoms with Gasteiger partial charge in [-0.05, 0) is 20.8 Å². The molecule has 0 saturated heterocycles. The number of rotatable bonds is 11. The molecule has 5 heteroatoms. The summed E-state index contributed by atoms with van der Waals surface area (Å²) in [6.07, 6.45) is 0.223. The molecule has 0 aliphatic rings. The van der Waals surface area contributed by atoms with Gasteiger partial charge in [-0.1, -0.05) is 0 Å². The van der Waals surface area contributed by atoms with Gasteiger partial charge in [-0.3, -0.25) is 4.79 Å². The van der Waals surface area contributed by atoms with Gasteiger partial charge in [-0.15, -0.1) is 0 Å². The van der Waals surface area contributed by atoms with Crippen molar-refractivity contribution >= 4 is 5.97 Å².